The number of aromatic nitrogens is 1. The van der Waals surface area contributed by atoms with Gasteiger partial charge < -0.3 is 10.6 Å². The lowest BCUT2D eigenvalue weighted by Gasteiger charge is -2.17. The number of benzene rings is 1. The number of anilines is 1. The molecule has 4 rings (SSSR count). The number of carbonyl (C=O) groups excluding carboxylic acids is 1. The van der Waals surface area contributed by atoms with Crippen LogP contribution in [-0.4, -0.2) is 24.0 Å². The average molecular weight is 422 g/mol. The van der Waals surface area contributed by atoms with E-state index in [-0.39, 0.29) is 42.6 Å². The van der Waals surface area contributed by atoms with Crippen LogP contribution < -0.4 is 10.6 Å². The number of thiophene rings is 1. The number of pyridine rings is 1. The normalized spacial score (nSPS) is 18.2. The molecule has 0 bridgehead atoms. The monoisotopic (exact) mass is 421 g/mol. The predicted octanol–water partition coefficient (Wildman–Crippen LogP) is 4.60. The van der Waals surface area contributed by atoms with Gasteiger partial charge in [0, 0.05) is 47.5 Å². The van der Waals surface area contributed by atoms with E-state index in [1.54, 1.807) is 17.5 Å². The fraction of sp³-hybridized carbons (Fsp3) is 0.200. The Morgan fingerprint density at radius 1 is 1.07 bits per heavy atom. The highest BCUT2D eigenvalue weighted by Gasteiger charge is 2.34. The number of nitrogens with zero attached hydrogens (tertiary/aromatic N) is 1. The minimum Gasteiger partial charge on any atom is -0.326 e. The summed E-state index contributed by atoms with van der Waals surface area (Å²) in [4.78, 5) is 18.2. The zero-order valence-electron chi connectivity index (χ0n) is 14.5. The van der Waals surface area contributed by atoms with Crippen LogP contribution in [0.25, 0.3) is 11.1 Å². The fourth-order valence-corrected chi connectivity index (χ4v) is 4.19. The summed E-state index contributed by atoms with van der Waals surface area (Å²) in [5.41, 5.74) is 2.91. The van der Waals surface area contributed by atoms with Gasteiger partial charge in [-0.15, -0.1) is 36.2 Å². The van der Waals surface area contributed by atoms with E-state index in [0.29, 0.717) is 0 Å². The molecule has 1 saturated heterocycles. The topological polar surface area (TPSA) is 54.0 Å². The van der Waals surface area contributed by atoms with Crippen molar-refractivity contribution in [2.45, 2.75) is 5.92 Å². The Kier molecular flexibility index (Phi) is 7.80. The number of hydrogen-bond acceptors (Lipinski definition) is 4. The van der Waals surface area contributed by atoms with Crippen molar-refractivity contribution in [3.8, 4) is 11.1 Å². The molecule has 2 atom stereocenters. The summed E-state index contributed by atoms with van der Waals surface area (Å²) in [6, 6.07) is 16.0. The van der Waals surface area contributed by atoms with Crippen molar-refractivity contribution in [3.05, 3.63) is 71.2 Å². The number of carbonyl (C=O) groups is 1. The first-order valence-electron chi connectivity index (χ1n) is 8.37. The highest BCUT2D eigenvalue weighted by atomic mass is 35.5. The lowest BCUT2D eigenvalue weighted by atomic mass is 9.93. The van der Waals surface area contributed by atoms with Crippen molar-refractivity contribution in [2.75, 3.05) is 18.4 Å². The second kappa shape index (κ2) is 9.85. The van der Waals surface area contributed by atoms with E-state index >= 15 is 0 Å². The Hall–Kier alpha value is -1.92. The molecule has 3 aromatic rings. The van der Waals surface area contributed by atoms with Gasteiger partial charge in [0.05, 0.1) is 5.92 Å². The molecule has 0 aliphatic carbocycles. The van der Waals surface area contributed by atoms with E-state index in [2.05, 4.69) is 27.1 Å². The number of rotatable bonds is 4. The molecule has 1 aliphatic rings. The van der Waals surface area contributed by atoms with Crippen LogP contribution in [0.2, 0.25) is 0 Å². The van der Waals surface area contributed by atoms with Gasteiger partial charge >= 0.3 is 0 Å². The second-order valence-electron chi connectivity index (χ2n) is 6.20. The molecule has 0 unspecified atom stereocenters. The van der Waals surface area contributed by atoms with E-state index in [9.17, 15) is 4.79 Å². The van der Waals surface area contributed by atoms with Crippen LogP contribution in [0.5, 0.6) is 0 Å². The molecule has 142 valence electrons. The van der Waals surface area contributed by atoms with Crippen LogP contribution >= 0.6 is 36.2 Å². The first-order chi connectivity index (χ1) is 12.3. The van der Waals surface area contributed by atoms with Crippen molar-refractivity contribution in [3.63, 3.8) is 0 Å². The molecule has 27 heavy (non-hydrogen) atoms. The van der Waals surface area contributed by atoms with Gasteiger partial charge in [-0.1, -0.05) is 24.3 Å². The zero-order valence-corrected chi connectivity index (χ0v) is 16.9. The molecule has 1 amide bonds. The minimum atomic E-state index is -0.0410. The molecule has 0 spiro atoms. The standard InChI is InChI=1S/C20H19N3OS.2ClH/c24-20(18-13-22-12-17(18)19-7-3-9-25-19)23-16-6-1-4-14(10-16)15-5-2-8-21-11-15;;/h1-11,17-18,22H,12-13H2,(H,23,24);2*1H/t17-,18-;;/m1../s1. The highest BCUT2D eigenvalue weighted by molar-refractivity contribution is 7.10. The summed E-state index contributed by atoms with van der Waals surface area (Å²) in [6.07, 6.45) is 3.58. The van der Waals surface area contributed by atoms with Gasteiger partial charge in [0.2, 0.25) is 5.91 Å². The average Bonchev–Trinajstić information content (AvgIpc) is 3.34. The van der Waals surface area contributed by atoms with E-state index in [0.717, 1.165) is 29.9 Å². The van der Waals surface area contributed by atoms with Gasteiger partial charge in [0.1, 0.15) is 0 Å². The Morgan fingerprint density at radius 2 is 1.93 bits per heavy atom. The lowest BCUT2D eigenvalue weighted by Crippen LogP contribution is -2.27. The molecule has 3 heterocycles. The predicted molar refractivity (Wildman–Crippen MR) is 116 cm³/mol. The van der Waals surface area contributed by atoms with Gasteiger partial charge in [0.25, 0.3) is 0 Å². The van der Waals surface area contributed by atoms with E-state index in [1.165, 1.54) is 4.88 Å². The third-order valence-corrected chi connectivity index (χ3v) is 5.59. The summed E-state index contributed by atoms with van der Waals surface area (Å²) >= 11 is 1.72. The zero-order chi connectivity index (χ0) is 17.1. The van der Waals surface area contributed by atoms with Crippen LogP contribution in [0, 0.1) is 5.92 Å². The summed E-state index contributed by atoms with van der Waals surface area (Å²) in [5, 5.41) is 8.51. The maximum Gasteiger partial charge on any atom is 0.229 e. The first-order valence-corrected chi connectivity index (χ1v) is 9.25. The lowest BCUT2D eigenvalue weighted by molar-refractivity contribution is -0.119. The van der Waals surface area contributed by atoms with E-state index in [4.69, 9.17) is 0 Å². The second-order valence-corrected chi connectivity index (χ2v) is 7.18. The molecule has 2 N–H and O–H groups in total. The maximum atomic E-state index is 12.8. The number of amides is 1. The van der Waals surface area contributed by atoms with Gasteiger partial charge in [-0.2, -0.15) is 0 Å². The van der Waals surface area contributed by atoms with Gasteiger partial charge in [0.15, 0.2) is 0 Å². The molecule has 7 heteroatoms. The smallest absolute Gasteiger partial charge is 0.229 e. The van der Waals surface area contributed by atoms with Crippen molar-refractivity contribution >= 4 is 47.7 Å². The van der Waals surface area contributed by atoms with Crippen molar-refractivity contribution in [1.82, 2.24) is 10.3 Å². The third kappa shape index (κ3) is 4.87. The van der Waals surface area contributed by atoms with Gasteiger partial charge in [-0.3, -0.25) is 9.78 Å². The Bertz CT molecular complexity index is 859. The number of halogens is 2. The summed E-state index contributed by atoms with van der Waals surface area (Å²) in [5.74, 6) is 0.286. The van der Waals surface area contributed by atoms with Gasteiger partial charge in [-0.25, -0.2) is 0 Å². The van der Waals surface area contributed by atoms with Crippen LogP contribution in [0.15, 0.2) is 66.3 Å². The van der Waals surface area contributed by atoms with Crippen LogP contribution in [0.3, 0.4) is 0 Å². The van der Waals surface area contributed by atoms with Crippen molar-refractivity contribution < 1.29 is 4.79 Å². The molecule has 4 nitrogen and oxygen atoms in total. The van der Waals surface area contributed by atoms with Crippen molar-refractivity contribution in [1.29, 1.82) is 0 Å². The van der Waals surface area contributed by atoms with E-state index in [1.807, 2.05) is 48.7 Å². The molecule has 1 aromatic carbocycles. The van der Waals surface area contributed by atoms with Crippen molar-refractivity contribution in [2.24, 2.45) is 5.92 Å². The Balaban J connectivity index is 0.00000131. The van der Waals surface area contributed by atoms with Crippen LogP contribution in [-0.2, 0) is 4.79 Å². The Labute approximate surface area is 175 Å². The first kappa shape index (κ1) is 21.4. The highest BCUT2D eigenvalue weighted by Crippen LogP contribution is 2.32. The van der Waals surface area contributed by atoms with Gasteiger partial charge in [-0.05, 0) is 35.2 Å². The molecular weight excluding hydrogens is 401 g/mol. The summed E-state index contributed by atoms with van der Waals surface area (Å²) < 4.78 is 0. The summed E-state index contributed by atoms with van der Waals surface area (Å²) in [7, 11) is 0. The molecule has 2 aromatic heterocycles. The SMILES string of the molecule is Cl.Cl.O=C(Nc1cccc(-c2cccnc2)c1)[C@@H]1CNC[C@H]1c1cccs1. The molecule has 0 saturated carbocycles. The van der Waals surface area contributed by atoms with Crippen LogP contribution in [0.4, 0.5) is 5.69 Å². The fourth-order valence-electron chi connectivity index (χ4n) is 3.30. The van der Waals surface area contributed by atoms with Crippen LogP contribution in [0.1, 0.15) is 10.8 Å². The molecule has 1 aliphatic heterocycles. The maximum absolute atomic E-state index is 12.8. The minimum absolute atomic E-state index is 0. The largest absolute Gasteiger partial charge is 0.326 e. The molecular formula is C20H21Cl2N3OS. The Morgan fingerprint density at radius 3 is 2.67 bits per heavy atom. The summed E-state index contributed by atoms with van der Waals surface area (Å²) in [6.45, 7) is 1.57. The third-order valence-electron chi connectivity index (χ3n) is 4.58. The van der Waals surface area contributed by atoms with E-state index < -0.39 is 0 Å². The number of hydrogen-bond donors (Lipinski definition) is 2. The number of nitrogens with one attached hydrogen (secondary N) is 2. The molecule has 1 fully saturated rings. The molecule has 0 radical (unpaired) electrons. The quantitative estimate of drug-likeness (QED) is 0.647.